The van der Waals surface area contributed by atoms with Crippen molar-refractivity contribution in [2.45, 2.75) is 65.0 Å². The van der Waals surface area contributed by atoms with E-state index in [1.807, 2.05) is 6.92 Å². The molecule has 1 amide bonds. The average Bonchev–Trinajstić information content (AvgIpc) is 2.95. The third-order valence-electron chi connectivity index (χ3n) is 5.06. The fraction of sp³-hybridized carbons (Fsp3) is 0.875. The van der Waals surface area contributed by atoms with Crippen LogP contribution in [0.2, 0.25) is 0 Å². The Morgan fingerprint density at radius 3 is 2.52 bits per heavy atom. The molecule has 0 radical (unpaired) electrons. The quantitative estimate of drug-likeness (QED) is 0.475. The van der Waals surface area contributed by atoms with Crippen LogP contribution in [0.3, 0.4) is 0 Å². The molecule has 1 saturated heterocycles. The maximum absolute atomic E-state index is 12.8. The molecule has 0 aromatic heterocycles. The van der Waals surface area contributed by atoms with Gasteiger partial charge < -0.3 is 15.4 Å². The Bertz CT molecular complexity index is 379. The summed E-state index contributed by atoms with van der Waals surface area (Å²) in [6.07, 6.45) is 6.86. The molecule has 0 aromatic rings. The smallest absolute Gasteiger partial charge is 0.231 e. The van der Waals surface area contributed by atoms with E-state index < -0.39 is 0 Å². The zero-order valence-electron chi connectivity index (χ0n) is 13.5. The Morgan fingerprint density at radius 2 is 2.00 bits per heavy atom. The van der Waals surface area contributed by atoms with Gasteiger partial charge in [0, 0.05) is 18.6 Å². The SMILES string of the molecule is CC(/C=N/O)C(=O)N(C1CCC(C)(C)CC1)[C@H]1CCNC1. The van der Waals surface area contributed by atoms with Gasteiger partial charge in [0.05, 0.1) is 12.1 Å². The lowest BCUT2D eigenvalue weighted by atomic mass is 9.75. The van der Waals surface area contributed by atoms with Gasteiger partial charge in [0.25, 0.3) is 0 Å². The number of hydrogen-bond acceptors (Lipinski definition) is 4. The van der Waals surface area contributed by atoms with Crippen molar-refractivity contribution >= 4 is 12.1 Å². The Balaban J connectivity index is 2.10. The van der Waals surface area contributed by atoms with Crippen molar-refractivity contribution < 1.29 is 10.0 Å². The molecule has 0 bridgehead atoms. The first-order valence-electron chi connectivity index (χ1n) is 8.15. The van der Waals surface area contributed by atoms with Gasteiger partial charge in [-0.3, -0.25) is 4.79 Å². The van der Waals surface area contributed by atoms with Crippen LogP contribution in [0, 0.1) is 11.3 Å². The molecule has 1 aliphatic carbocycles. The fourth-order valence-corrected chi connectivity index (χ4v) is 3.60. The molecule has 5 heteroatoms. The van der Waals surface area contributed by atoms with Crippen molar-refractivity contribution in [2.24, 2.45) is 16.5 Å². The van der Waals surface area contributed by atoms with E-state index in [2.05, 4.69) is 29.2 Å². The first kappa shape index (κ1) is 16.3. The highest BCUT2D eigenvalue weighted by molar-refractivity contribution is 5.93. The van der Waals surface area contributed by atoms with E-state index in [4.69, 9.17) is 5.21 Å². The van der Waals surface area contributed by atoms with Gasteiger partial charge in [-0.2, -0.15) is 0 Å². The number of oxime groups is 1. The monoisotopic (exact) mass is 295 g/mol. The molecule has 1 heterocycles. The van der Waals surface area contributed by atoms with Crippen LogP contribution in [-0.2, 0) is 4.79 Å². The molecule has 1 unspecified atom stereocenters. The molecule has 2 N–H and O–H groups in total. The summed E-state index contributed by atoms with van der Waals surface area (Å²) in [4.78, 5) is 14.9. The Kier molecular flexibility index (Phi) is 5.25. The maximum Gasteiger partial charge on any atom is 0.231 e. The van der Waals surface area contributed by atoms with Gasteiger partial charge in [-0.1, -0.05) is 13.8 Å². The van der Waals surface area contributed by atoms with Crippen LogP contribution in [0.15, 0.2) is 5.16 Å². The molecule has 5 nitrogen and oxygen atoms in total. The summed E-state index contributed by atoms with van der Waals surface area (Å²) in [5.74, 6) is -0.253. The van der Waals surface area contributed by atoms with Crippen molar-refractivity contribution in [3.8, 4) is 0 Å². The first-order chi connectivity index (χ1) is 9.94. The Hall–Kier alpha value is -1.10. The van der Waals surface area contributed by atoms with Crippen LogP contribution in [0.5, 0.6) is 0 Å². The predicted octanol–water partition coefficient (Wildman–Crippen LogP) is 2.24. The Labute approximate surface area is 127 Å². The van der Waals surface area contributed by atoms with Crippen LogP contribution in [0.1, 0.15) is 52.9 Å². The van der Waals surface area contributed by atoms with Gasteiger partial charge in [-0.25, -0.2) is 0 Å². The van der Waals surface area contributed by atoms with E-state index in [0.29, 0.717) is 17.5 Å². The number of nitrogens with zero attached hydrogens (tertiary/aromatic N) is 2. The van der Waals surface area contributed by atoms with Crippen molar-refractivity contribution in [1.29, 1.82) is 0 Å². The summed E-state index contributed by atoms with van der Waals surface area (Å²) < 4.78 is 0. The second-order valence-corrected chi connectivity index (χ2v) is 7.34. The minimum absolute atomic E-state index is 0.103. The van der Waals surface area contributed by atoms with Crippen LogP contribution < -0.4 is 5.32 Å². The lowest BCUT2D eigenvalue weighted by Crippen LogP contribution is -2.52. The van der Waals surface area contributed by atoms with E-state index in [-0.39, 0.29) is 11.8 Å². The molecule has 1 aliphatic heterocycles. The van der Waals surface area contributed by atoms with Crippen molar-refractivity contribution in [3.05, 3.63) is 0 Å². The maximum atomic E-state index is 12.8. The molecule has 0 spiro atoms. The third kappa shape index (κ3) is 3.96. The van der Waals surface area contributed by atoms with E-state index in [1.54, 1.807) is 0 Å². The summed E-state index contributed by atoms with van der Waals surface area (Å²) in [5, 5.41) is 15.1. The zero-order valence-corrected chi connectivity index (χ0v) is 13.5. The number of hydrogen-bond donors (Lipinski definition) is 2. The highest BCUT2D eigenvalue weighted by atomic mass is 16.4. The predicted molar refractivity (Wildman–Crippen MR) is 83.6 cm³/mol. The normalized spacial score (nSPS) is 27.9. The second kappa shape index (κ2) is 6.77. The molecule has 2 atom stereocenters. The van der Waals surface area contributed by atoms with Crippen molar-refractivity contribution in [3.63, 3.8) is 0 Å². The summed E-state index contributed by atoms with van der Waals surface area (Å²) in [6.45, 7) is 8.30. The number of amides is 1. The van der Waals surface area contributed by atoms with Gasteiger partial charge >= 0.3 is 0 Å². The number of nitrogens with one attached hydrogen (secondary N) is 1. The number of carbonyl (C=O) groups excluding carboxylic acids is 1. The van der Waals surface area contributed by atoms with Gasteiger partial charge in [-0.05, 0) is 51.0 Å². The number of rotatable bonds is 4. The standard InChI is InChI=1S/C16H29N3O2/c1-12(10-18-21)15(20)19(14-6-9-17-11-14)13-4-7-16(2,3)8-5-13/h10,12-14,17,21H,4-9,11H2,1-3H3/b18-10+/t12?,14-/m0/s1. The lowest BCUT2D eigenvalue weighted by Gasteiger charge is -2.43. The zero-order chi connectivity index (χ0) is 15.5. The van der Waals surface area contributed by atoms with Crippen molar-refractivity contribution in [1.82, 2.24) is 10.2 Å². The minimum atomic E-state index is -0.356. The summed E-state index contributed by atoms with van der Waals surface area (Å²) in [6, 6.07) is 0.628. The van der Waals surface area contributed by atoms with E-state index >= 15 is 0 Å². The van der Waals surface area contributed by atoms with Crippen LogP contribution in [0.25, 0.3) is 0 Å². The molecular formula is C16H29N3O2. The first-order valence-corrected chi connectivity index (χ1v) is 8.15. The van der Waals surface area contributed by atoms with Gasteiger partial charge in [-0.15, -0.1) is 5.16 Å². The molecule has 1 saturated carbocycles. The highest BCUT2D eigenvalue weighted by Gasteiger charge is 2.37. The average molecular weight is 295 g/mol. The largest absolute Gasteiger partial charge is 0.411 e. The number of carbonyl (C=O) groups is 1. The van der Waals surface area contributed by atoms with E-state index in [0.717, 1.165) is 32.4 Å². The minimum Gasteiger partial charge on any atom is -0.411 e. The Morgan fingerprint density at radius 1 is 1.33 bits per heavy atom. The van der Waals surface area contributed by atoms with E-state index in [9.17, 15) is 4.79 Å². The summed E-state index contributed by atoms with van der Waals surface area (Å²) >= 11 is 0. The van der Waals surface area contributed by atoms with E-state index in [1.165, 1.54) is 19.1 Å². The molecule has 120 valence electrons. The third-order valence-corrected chi connectivity index (χ3v) is 5.06. The molecule has 0 aromatic carbocycles. The topological polar surface area (TPSA) is 64.9 Å². The fourth-order valence-electron chi connectivity index (χ4n) is 3.60. The second-order valence-electron chi connectivity index (χ2n) is 7.34. The molecule has 2 fully saturated rings. The van der Waals surface area contributed by atoms with Crippen molar-refractivity contribution in [2.75, 3.05) is 13.1 Å². The van der Waals surface area contributed by atoms with Crippen LogP contribution in [0.4, 0.5) is 0 Å². The summed E-state index contributed by atoms with van der Waals surface area (Å²) in [5.41, 5.74) is 0.400. The molecule has 2 aliphatic rings. The van der Waals surface area contributed by atoms with Gasteiger partial charge in [0.1, 0.15) is 0 Å². The molecule has 2 rings (SSSR count). The van der Waals surface area contributed by atoms with Crippen LogP contribution >= 0.6 is 0 Å². The van der Waals surface area contributed by atoms with Crippen LogP contribution in [-0.4, -0.2) is 47.4 Å². The highest BCUT2D eigenvalue weighted by Crippen LogP contribution is 2.38. The lowest BCUT2D eigenvalue weighted by molar-refractivity contribution is -0.139. The summed E-state index contributed by atoms with van der Waals surface area (Å²) in [7, 11) is 0. The molecule has 21 heavy (non-hydrogen) atoms. The van der Waals surface area contributed by atoms with Gasteiger partial charge in [0.15, 0.2) is 0 Å². The molecular weight excluding hydrogens is 266 g/mol. The van der Waals surface area contributed by atoms with Gasteiger partial charge in [0.2, 0.25) is 5.91 Å².